The Bertz CT molecular complexity index is 1630. The maximum atomic E-state index is 2.54. The van der Waals surface area contributed by atoms with Gasteiger partial charge in [0, 0.05) is 26.2 Å². The molecule has 0 aliphatic carbocycles. The van der Waals surface area contributed by atoms with Crippen LogP contribution in [0.5, 0.6) is 0 Å². The molecule has 0 aliphatic heterocycles. The number of fused-ring (bicyclic) bond motifs is 6. The lowest BCUT2D eigenvalue weighted by Gasteiger charge is -2.11. The summed E-state index contributed by atoms with van der Waals surface area (Å²) in [5, 5.41) is 6.78. The molecule has 6 rings (SSSR count). The Kier molecular flexibility index (Phi) is 5.63. The first-order chi connectivity index (χ1) is 16.8. The molecule has 0 fully saturated rings. The van der Waals surface area contributed by atoms with Gasteiger partial charge in [-0.2, -0.15) is 0 Å². The Morgan fingerprint density at radius 3 is 2.18 bits per heavy atom. The Labute approximate surface area is 205 Å². The van der Waals surface area contributed by atoms with Crippen LogP contribution in [0, 0.1) is 0 Å². The minimum atomic E-state index is 1.14. The molecule has 0 atom stereocenters. The SMILES string of the molecule is CCCCc1ccc2c(c1)sc1c2c2ccc(CCCC)cc2n1-c1cccc2ccccc12. The lowest BCUT2D eigenvalue weighted by molar-refractivity contribution is 0.795. The lowest BCUT2D eigenvalue weighted by atomic mass is 10.0. The standard InChI is InChI=1S/C32H31NS/c1-3-5-10-22-16-18-26-29(20-22)33(28-15-9-13-24-12-7-8-14-25(24)28)32-31(26)27-19-17-23(11-6-4-2)21-30(27)34-32/h7-9,12-21H,3-6,10-11H2,1-2H3. The van der Waals surface area contributed by atoms with E-state index >= 15 is 0 Å². The summed E-state index contributed by atoms with van der Waals surface area (Å²) in [6.07, 6.45) is 7.26. The van der Waals surface area contributed by atoms with Gasteiger partial charge in [0.2, 0.25) is 0 Å². The van der Waals surface area contributed by atoms with E-state index < -0.39 is 0 Å². The molecule has 0 spiro atoms. The summed E-state index contributed by atoms with van der Waals surface area (Å²) in [5.41, 5.74) is 5.51. The zero-order chi connectivity index (χ0) is 23.1. The molecule has 4 aromatic carbocycles. The van der Waals surface area contributed by atoms with Crippen LogP contribution in [-0.2, 0) is 12.8 Å². The van der Waals surface area contributed by atoms with Crippen molar-refractivity contribution < 1.29 is 0 Å². The van der Waals surface area contributed by atoms with Crippen LogP contribution in [0.1, 0.15) is 50.7 Å². The zero-order valence-corrected chi connectivity index (χ0v) is 20.9. The van der Waals surface area contributed by atoms with E-state index in [1.807, 2.05) is 11.3 Å². The van der Waals surface area contributed by atoms with Crippen LogP contribution in [0.4, 0.5) is 0 Å². The van der Waals surface area contributed by atoms with E-state index in [0.29, 0.717) is 0 Å². The number of unbranched alkanes of at least 4 members (excludes halogenated alkanes) is 2. The zero-order valence-electron chi connectivity index (χ0n) is 20.1. The number of rotatable bonds is 7. The first-order valence-corrected chi connectivity index (χ1v) is 13.6. The van der Waals surface area contributed by atoms with Gasteiger partial charge >= 0.3 is 0 Å². The smallest absolute Gasteiger partial charge is 0.109 e. The third kappa shape index (κ3) is 3.52. The highest BCUT2D eigenvalue weighted by Crippen LogP contribution is 2.44. The lowest BCUT2D eigenvalue weighted by Crippen LogP contribution is -1.95. The molecule has 0 aliphatic rings. The summed E-state index contributed by atoms with van der Waals surface area (Å²) >= 11 is 1.95. The average Bonchev–Trinajstić information content (AvgIpc) is 3.39. The second kappa shape index (κ2) is 8.92. The molecule has 34 heavy (non-hydrogen) atoms. The summed E-state index contributed by atoms with van der Waals surface area (Å²) in [4.78, 5) is 1.36. The van der Waals surface area contributed by atoms with E-state index in [1.165, 1.54) is 90.9 Å². The summed E-state index contributed by atoms with van der Waals surface area (Å²) in [7, 11) is 0. The van der Waals surface area contributed by atoms with E-state index in [0.717, 1.165) is 6.42 Å². The quantitative estimate of drug-likeness (QED) is 0.223. The maximum absolute atomic E-state index is 2.54. The van der Waals surface area contributed by atoms with E-state index in [9.17, 15) is 0 Å². The molecule has 0 radical (unpaired) electrons. The highest BCUT2D eigenvalue weighted by atomic mass is 32.1. The first kappa shape index (κ1) is 21.4. The topological polar surface area (TPSA) is 4.93 Å². The van der Waals surface area contributed by atoms with E-state index in [1.54, 1.807) is 0 Å². The van der Waals surface area contributed by atoms with Crippen molar-refractivity contribution >= 4 is 53.3 Å². The van der Waals surface area contributed by atoms with E-state index in [2.05, 4.69) is 97.3 Å². The van der Waals surface area contributed by atoms with Crippen molar-refractivity contribution in [3.8, 4) is 5.69 Å². The number of hydrogen-bond acceptors (Lipinski definition) is 1. The summed E-state index contributed by atoms with van der Waals surface area (Å²) in [5.74, 6) is 0. The van der Waals surface area contributed by atoms with Crippen molar-refractivity contribution in [2.24, 2.45) is 0 Å². The van der Waals surface area contributed by atoms with Crippen molar-refractivity contribution in [1.82, 2.24) is 4.57 Å². The van der Waals surface area contributed by atoms with Crippen LogP contribution in [0.15, 0.2) is 78.9 Å². The number of nitrogens with zero attached hydrogens (tertiary/aromatic N) is 1. The number of aromatic nitrogens is 1. The number of thiophene rings is 1. The third-order valence-corrected chi connectivity index (χ3v) is 8.29. The molecule has 1 nitrogen and oxygen atoms in total. The normalized spacial score (nSPS) is 11.9. The van der Waals surface area contributed by atoms with Crippen LogP contribution >= 0.6 is 11.3 Å². The molecule has 0 N–H and O–H groups in total. The fourth-order valence-electron chi connectivity index (χ4n) is 5.34. The van der Waals surface area contributed by atoms with Gasteiger partial charge in [0.05, 0.1) is 11.2 Å². The molecule has 170 valence electrons. The van der Waals surface area contributed by atoms with Crippen molar-refractivity contribution in [3.63, 3.8) is 0 Å². The van der Waals surface area contributed by atoms with Crippen LogP contribution < -0.4 is 0 Å². The molecule has 0 bridgehead atoms. The Morgan fingerprint density at radius 2 is 1.38 bits per heavy atom. The second-order valence-electron chi connectivity index (χ2n) is 9.51. The van der Waals surface area contributed by atoms with Crippen LogP contribution in [0.3, 0.4) is 0 Å². The maximum Gasteiger partial charge on any atom is 0.109 e. The number of hydrogen-bond donors (Lipinski definition) is 0. The fraction of sp³-hybridized carbons (Fsp3) is 0.250. The predicted octanol–water partition coefficient (Wildman–Crippen LogP) is 9.84. The van der Waals surface area contributed by atoms with Gasteiger partial charge in [-0.15, -0.1) is 11.3 Å². The minimum absolute atomic E-state index is 1.14. The summed E-state index contributed by atoms with van der Waals surface area (Å²) in [6.45, 7) is 4.54. The van der Waals surface area contributed by atoms with E-state index in [4.69, 9.17) is 0 Å². The van der Waals surface area contributed by atoms with E-state index in [-0.39, 0.29) is 0 Å². The van der Waals surface area contributed by atoms with Gasteiger partial charge in [-0.3, -0.25) is 0 Å². The van der Waals surface area contributed by atoms with Gasteiger partial charge in [0.25, 0.3) is 0 Å². The number of benzene rings is 4. The Hall–Kier alpha value is -3.10. The molecule has 0 saturated heterocycles. The Morgan fingerprint density at radius 1 is 0.676 bits per heavy atom. The fourth-order valence-corrected chi connectivity index (χ4v) is 6.65. The van der Waals surface area contributed by atoms with Crippen molar-refractivity contribution in [3.05, 3.63) is 90.0 Å². The summed E-state index contributed by atoms with van der Waals surface area (Å²) < 4.78 is 3.95. The monoisotopic (exact) mass is 461 g/mol. The van der Waals surface area contributed by atoms with Gasteiger partial charge in [-0.1, -0.05) is 87.4 Å². The number of aryl methyl sites for hydroxylation is 2. The minimum Gasteiger partial charge on any atom is -0.300 e. The molecule has 0 unspecified atom stereocenters. The molecule has 2 aromatic heterocycles. The van der Waals surface area contributed by atoms with Crippen molar-refractivity contribution in [2.75, 3.05) is 0 Å². The van der Waals surface area contributed by atoms with Crippen LogP contribution in [0.25, 0.3) is 47.7 Å². The van der Waals surface area contributed by atoms with Crippen molar-refractivity contribution in [2.45, 2.75) is 52.4 Å². The molecular formula is C32H31NS. The molecule has 0 saturated carbocycles. The highest BCUT2D eigenvalue weighted by molar-refractivity contribution is 7.25. The molecular weight excluding hydrogens is 430 g/mol. The third-order valence-electron chi connectivity index (χ3n) is 7.16. The first-order valence-electron chi connectivity index (χ1n) is 12.7. The molecule has 2 heterocycles. The highest BCUT2D eigenvalue weighted by Gasteiger charge is 2.19. The Balaban J connectivity index is 1.68. The van der Waals surface area contributed by atoms with Crippen LogP contribution in [-0.4, -0.2) is 4.57 Å². The van der Waals surface area contributed by atoms with Crippen molar-refractivity contribution in [1.29, 1.82) is 0 Å². The van der Waals surface area contributed by atoms with Gasteiger partial charge in [0.15, 0.2) is 0 Å². The van der Waals surface area contributed by atoms with Gasteiger partial charge < -0.3 is 4.57 Å². The average molecular weight is 462 g/mol. The van der Waals surface area contributed by atoms with Gasteiger partial charge in [0.1, 0.15) is 4.83 Å². The predicted molar refractivity (Wildman–Crippen MR) is 151 cm³/mol. The molecule has 0 amide bonds. The second-order valence-corrected chi connectivity index (χ2v) is 10.5. The molecule has 6 aromatic rings. The van der Waals surface area contributed by atoms with Gasteiger partial charge in [-0.05, 0) is 60.4 Å². The van der Waals surface area contributed by atoms with Crippen LogP contribution in [0.2, 0.25) is 0 Å². The largest absolute Gasteiger partial charge is 0.300 e. The van der Waals surface area contributed by atoms with Gasteiger partial charge in [-0.25, -0.2) is 0 Å². The molecule has 2 heteroatoms. The summed E-state index contributed by atoms with van der Waals surface area (Å²) in [6, 6.07) is 29.8.